The average molecular weight is 621 g/mol. The predicted octanol–water partition coefficient (Wildman–Crippen LogP) is 7.14. The van der Waals surface area contributed by atoms with Gasteiger partial charge < -0.3 is 9.42 Å². The molecule has 4 bridgehead atoms. The Morgan fingerprint density at radius 3 is 2.20 bits per heavy atom. The highest BCUT2D eigenvalue weighted by Gasteiger charge is 2.69. The van der Waals surface area contributed by atoms with Gasteiger partial charge in [0.05, 0.1) is 6.26 Å². The minimum atomic E-state index is -3.37. The summed E-state index contributed by atoms with van der Waals surface area (Å²) >= 11 is 0. The summed E-state index contributed by atoms with van der Waals surface area (Å²) < 4.78 is 45.7. The Morgan fingerprint density at radius 2 is 1.64 bits per heavy atom. The zero-order chi connectivity index (χ0) is 31.0. The summed E-state index contributed by atoms with van der Waals surface area (Å²) in [6, 6.07) is 15.3. The fraction of sp³-hybridized carbons (Fsp3) is 0.559. The molecule has 0 spiro atoms. The SMILES string of the molecule is CC(C)c1nc(C23CCC(CN(C(=O)CC45CC(F)(C4)C5)c4cccc(-c5ccc(NS(C)(=O)=O)cc5)c4)(CC2)CC3)no1. The Balaban J connectivity index is 1.13. The van der Waals surface area contributed by atoms with Crippen molar-refractivity contribution in [3.05, 3.63) is 60.2 Å². The van der Waals surface area contributed by atoms with E-state index in [2.05, 4.69) is 29.8 Å². The molecule has 0 saturated heterocycles. The molecule has 1 N–H and O–H groups in total. The van der Waals surface area contributed by atoms with Crippen molar-refractivity contribution in [3.63, 3.8) is 0 Å². The number of hydrogen-bond acceptors (Lipinski definition) is 6. The Kier molecular flexibility index (Phi) is 6.77. The van der Waals surface area contributed by atoms with Crippen LogP contribution in [0.2, 0.25) is 0 Å². The van der Waals surface area contributed by atoms with E-state index in [4.69, 9.17) is 9.51 Å². The van der Waals surface area contributed by atoms with Crippen molar-refractivity contribution in [1.29, 1.82) is 0 Å². The van der Waals surface area contributed by atoms with E-state index in [-0.39, 0.29) is 28.1 Å². The van der Waals surface area contributed by atoms with Gasteiger partial charge in [0.1, 0.15) is 5.67 Å². The fourth-order valence-electron chi connectivity index (χ4n) is 8.44. The molecule has 9 rings (SSSR count). The van der Waals surface area contributed by atoms with Crippen LogP contribution in [0.15, 0.2) is 53.1 Å². The Bertz CT molecular complexity index is 1660. The number of halogens is 1. The first-order valence-electron chi connectivity index (χ1n) is 15.8. The maximum atomic E-state index is 14.4. The number of carbonyl (C=O) groups excluding carboxylic acids is 1. The van der Waals surface area contributed by atoms with Crippen LogP contribution in [-0.2, 0) is 20.2 Å². The zero-order valence-electron chi connectivity index (χ0n) is 25.7. The van der Waals surface area contributed by atoms with Gasteiger partial charge in [0.25, 0.3) is 0 Å². The summed E-state index contributed by atoms with van der Waals surface area (Å²) in [5.41, 5.74) is 1.97. The van der Waals surface area contributed by atoms with E-state index < -0.39 is 15.7 Å². The lowest BCUT2D eigenvalue weighted by Crippen LogP contribution is -2.65. The zero-order valence-corrected chi connectivity index (χ0v) is 26.6. The number of anilines is 2. The second-order valence-corrected chi connectivity index (χ2v) is 16.5. The van der Waals surface area contributed by atoms with Crippen LogP contribution in [0.1, 0.15) is 95.7 Å². The molecular weight excluding hydrogens is 579 g/mol. The first kappa shape index (κ1) is 29.4. The molecule has 0 aliphatic heterocycles. The van der Waals surface area contributed by atoms with Crippen LogP contribution in [0.5, 0.6) is 0 Å². The molecular formula is C34H41FN4O4S. The normalized spacial score (nSPS) is 30.5. The van der Waals surface area contributed by atoms with Crippen LogP contribution in [-0.4, -0.2) is 42.9 Å². The Morgan fingerprint density at radius 1 is 0.977 bits per heavy atom. The number of aromatic nitrogens is 2. The summed E-state index contributed by atoms with van der Waals surface area (Å²) in [6.07, 6.45) is 8.95. The predicted molar refractivity (Wildman–Crippen MR) is 168 cm³/mol. The first-order chi connectivity index (χ1) is 20.8. The third-order valence-electron chi connectivity index (χ3n) is 10.9. The van der Waals surface area contributed by atoms with Gasteiger partial charge >= 0.3 is 0 Å². The van der Waals surface area contributed by atoms with Gasteiger partial charge in [-0.2, -0.15) is 4.98 Å². The van der Waals surface area contributed by atoms with Gasteiger partial charge in [0, 0.05) is 35.7 Å². The number of alkyl halides is 1. The summed E-state index contributed by atoms with van der Waals surface area (Å²) in [6.45, 7) is 4.77. The average Bonchev–Trinajstić information content (AvgIpc) is 3.47. The molecule has 6 aliphatic carbocycles. The highest BCUT2D eigenvalue weighted by atomic mass is 32.2. The lowest BCUT2D eigenvalue weighted by atomic mass is 9.41. The van der Waals surface area contributed by atoms with Gasteiger partial charge in [-0.3, -0.25) is 9.52 Å². The van der Waals surface area contributed by atoms with Crippen LogP contribution in [0.3, 0.4) is 0 Å². The van der Waals surface area contributed by atoms with Gasteiger partial charge in [-0.05, 0) is 104 Å². The van der Waals surface area contributed by atoms with E-state index in [1.807, 2.05) is 35.2 Å². The third-order valence-corrected chi connectivity index (χ3v) is 11.5. The second kappa shape index (κ2) is 10.1. The van der Waals surface area contributed by atoms with E-state index in [0.29, 0.717) is 43.8 Å². The van der Waals surface area contributed by atoms with Gasteiger partial charge in [-0.25, -0.2) is 12.8 Å². The van der Waals surface area contributed by atoms with Gasteiger partial charge in [-0.15, -0.1) is 0 Å². The van der Waals surface area contributed by atoms with Gasteiger partial charge in [0.2, 0.25) is 21.8 Å². The monoisotopic (exact) mass is 620 g/mol. The van der Waals surface area contributed by atoms with E-state index in [0.717, 1.165) is 67.4 Å². The van der Waals surface area contributed by atoms with Crippen molar-refractivity contribution in [2.45, 2.75) is 95.1 Å². The maximum absolute atomic E-state index is 14.4. The van der Waals surface area contributed by atoms with E-state index in [1.165, 1.54) is 0 Å². The largest absolute Gasteiger partial charge is 0.339 e. The number of fused-ring (bicyclic) bond motifs is 3. The molecule has 234 valence electrons. The number of carbonyl (C=O) groups is 1. The first-order valence-corrected chi connectivity index (χ1v) is 17.7. The molecule has 6 fully saturated rings. The van der Waals surface area contributed by atoms with Crippen molar-refractivity contribution in [3.8, 4) is 11.1 Å². The molecule has 2 aromatic carbocycles. The highest BCUT2D eigenvalue weighted by molar-refractivity contribution is 7.92. The maximum Gasteiger partial charge on any atom is 0.229 e. The van der Waals surface area contributed by atoms with Crippen molar-refractivity contribution in [2.75, 3.05) is 22.4 Å². The molecule has 6 aliphatic rings. The van der Waals surface area contributed by atoms with E-state index in [9.17, 15) is 17.6 Å². The molecule has 0 atom stereocenters. The molecule has 3 aromatic rings. The number of sulfonamides is 1. The standard InChI is InChI=1S/C34H41FN4O4S/c1-23(2)29-36-30(37-43-29)33-14-11-31(12-15-33,13-16-33)22-39(28(40)18-32-19-34(35,20-32)21-32)27-6-4-5-25(17-27)24-7-9-26(10-8-24)38-44(3,41)42/h4-10,17,23,38H,11-16,18-22H2,1-3H3. The summed E-state index contributed by atoms with van der Waals surface area (Å²) in [5.74, 6) is 1.81. The summed E-state index contributed by atoms with van der Waals surface area (Å²) in [4.78, 5) is 20.9. The minimum absolute atomic E-state index is 0.0116. The van der Waals surface area contributed by atoms with Crippen LogP contribution >= 0.6 is 0 Å². The molecule has 1 aromatic heterocycles. The van der Waals surface area contributed by atoms with Gasteiger partial charge in [0.15, 0.2) is 5.82 Å². The van der Waals surface area contributed by atoms with Crippen LogP contribution in [0.4, 0.5) is 15.8 Å². The van der Waals surface area contributed by atoms with Crippen molar-refractivity contribution in [2.24, 2.45) is 10.8 Å². The number of nitrogens with one attached hydrogen (secondary N) is 1. The minimum Gasteiger partial charge on any atom is -0.339 e. The Labute approximate surface area is 258 Å². The molecule has 8 nitrogen and oxygen atoms in total. The molecule has 0 unspecified atom stereocenters. The quantitative estimate of drug-likeness (QED) is 0.258. The summed E-state index contributed by atoms with van der Waals surface area (Å²) in [7, 11) is -3.37. The second-order valence-electron chi connectivity index (χ2n) is 14.7. The molecule has 6 saturated carbocycles. The van der Waals surface area contributed by atoms with Crippen molar-refractivity contribution < 1.29 is 22.1 Å². The number of nitrogens with zero attached hydrogens (tertiary/aromatic N) is 3. The highest BCUT2D eigenvalue weighted by Crippen LogP contribution is 2.71. The fourth-order valence-corrected chi connectivity index (χ4v) is 9.01. The number of hydrogen-bond donors (Lipinski definition) is 1. The lowest BCUT2D eigenvalue weighted by molar-refractivity contribution is -0.215. The van der Waals surface area contributed by atoms with Crippen LogP contribution in [0.25, 0.3) is 11.1 Å². The number of benzene rings is 2. The lowest BCUT2D eigenvalue weighted by Gasteiger charge is -2.66. The smallest absolute Gasteiger partial charge is 0.229 e. The number of rotatable bonds is 10. The molecule has 10 heteroatoms. The molecule has 0 radical (unpaired) electrons. The topological polar surface area (TPSA) is 105 Å². The van der Waals surface area contributed by atoms with Crippen molar-refractivity contribution >= 4 is 27.3 Å². The third kappa shape index (κ3) is 5.33. The molecule has 1 amide bonds. The molecule has 44 heavy (non-hydrogen) atoms. The van der Waals surface area contributed by atoms with Gasteiger partial charge in [-0.1, -0.05) is 43.3 Å². The van der Waals surface area contributed by atoms with Crippen molar-refractivity contribution in [1.82, 2.24) is 10.1 Å². The van der Waals surface area contributed by atoms with E-state index in [1.54, 1.807) is 12.1 Å². The van der Waals surface area contributed by atoms with Crippen LogP contribution < -0.4 is 9.62 Å². The van der Waals surface area contributed by atoms with Crippen LogP contribution in [0, 0.1) is 10.8 Å². The Hall–Kier alpha value is -3.27. The summed E-state index contributed by atoms with van der Waals surface area (Å²) in [5, 5.41) is 4.40. The molecule has 1 heterocycles. The number of amides is 1. The van der Waals surface area contributed by atoms with E-state index >= 15 is 0 Å².